The van der Waals surface area contributed by atoms with Crippen LogP contribution in [0.5, 0.6) is 0 Å². The molecule has 1 aromatic rings. The van der Waals surface area contributed by atoms with Gasteiger partial charge in [-0.2, -0.15) is 0 Å². The predicted molar refractivity (Wildman–Crippen MR) is 85.4 cm³/mol. The minimum Gasteiger partial charge on any atom is -0.443 e. The third kappa shape index (κ3) is 2.92. The maximum atomic E-state index is 12.6. The normalized spacial score (nSPS) is 17.2. The van der Waals surface area contributed by atoms with Crippen LogP contribution in [0.15, 0.2) is 22.7 Å². The lowest BCUT2D eigenvalue weighted by molar-refractivity contribution is 0.0546. The Bertz CT molecular complexity index is 535. The van der Waals surface area contributed by atoms with Gasteiger partial charge in [-0.25, -0.2) is 4.79 Å². The quantitative estimate of drug-likeness (QED) is 0.761. The molecular formula is C15H21BrN2O2. The average molecular weight is 341 g/mol. The standard InChI is InChI=1S/C15H21BrN2O2/c1-14(2,3)20-13(19)18-12-10(16)7-6-8-11(12)17-9-15(18,4)5/h6-8,17H,9H2,1-5H3. The van der Waals surface area contributed by atoms with Gasteiger partial charge >= 0.3 is 6.09 Å². The Hall–Kier alpha value is -1.23. The molecule has 20 heavy (non-hydrogen) atoms. The molecule has 1 aliphatic heterocycles. The lowest BCUT2D eigenvalue weighted by Gasteiger charge is -2.44. The highest BCUT2D eigenvalue weighted by Crippen LogP contribution is 2.42. The summed E-state index contributed by atoms with van der Waals surface area (Å²) >= 11 is 3.53. The van der Waals surface area contributed by atoms with Crippen LogP contribution in [0.3, 0.4) is 0 Å². The summed E-state index contributed by atoms with van der Waals surface area (Å²) in [6.07, 6.45) is -0.322. The molecule has 5 heteroatoms. The van der Waals surface area contributed by atoms with Gasteiger partial charge in [0.15, 0.2) is 0 Å². The first kappa shape index (κ1) is 15.2. The average Bonchev–Trinajstić information content (AvgIpc) is 2.26. The van der Waals surface area contributed by atoms with Gasteiger partial charge in [0.25, 0.3) is 0 Å². The molecule has 0 radical (unpaired) electrons. The van der Waals surface area contributed by atoms with Crippen LogP contribution in [0.1, 0.15) is 34.6 Å². The van der Waals surface area contributed by atoms with Crippen LogP contribution >= 0.6 is 15.9 Å². The molecule has 1 amide bonds. The molecule has 0 fully saturated rings. The van der Waals surface area contributed by atoms with E-state index in [-0.39, 0.29) is 11.6 Å². The van der Waals surface area contributed by atoms with Crippen LogP contribution in [0, 0.1) is 0 Å². The van der Waals surface area contributed by atoms with E-state index in [1.165, 1.54) is 0 Å². The number of fused-ring (bicyclic) bond motifs is 1. The van der Waals surface area contributed by atoms with Crippen molar-refractivity contribution in [2.24, 2.45) is 0 Å². The van der Waals surface area contributed by atoms with Crippen molar-refractivity contribution in [2.75, 3.05) is 16.8 Å². The van der Waals surface area contributed by atoms with Gasteiger partial charge in [0.1, 0.15) is 5.60 Å². The monoisotopic (exact) mass is 340 g/mol. The summed E-state index contributed by atoms with van der Waals surface area (Å²) in [4.78, 5) is 14.3. The molecule has 0 spiro atoms. The number of hydrogen-bond donors (Lipinski definition) is 1. The highest BCUT2D eigenvalue weighted by atomic mass is 79.9. The van der Waals surface area contributed by atoms with Crippen LogP contribution in [-0.2, 0) is 4.74 Å². The third-order valence-electron chi connectivity index (χ3n) is 3.10. The van der Waals surface area contributed by atoms with Crippen LogP contribution in [0.25, 0.3) is 0 Å². The SMILES string of the molecule is CC(C)(C)OC(=O)N1c2c(Br)cccc2NCC1(C)C. The van der Waals surface area contributed by atoms with Crippen molar-refractivity contribution >= 4 is 33.4 Å². The Balaban J connectivity index is 2.47. The van der Waals surface area contributed by atoms with E-state index in [9.17, 15) is 4.79 Å². The topological polar surface area (TPSA) is 41.6 Å². The van der Waals surface area contributed by atoms with E-state index in [0.717, 1.165) is 15.8 Å². The third-order valence-corrected chi connectivity index (χ3v) is 3.74. The molecule has 0 bridgehead atoms. The lowest BCUT2D eigenvalue weighted by atomic mass is 9.98. The Morgan fingerprint density at radius 3 is 2.65 bits per heavy atom. The Labute approximate surface area is 128 Å². The predicted octanol–water partition coefficient (Wildman–Crippen LogP) is 4.39. The van der Waals surface area contributed by atoms with E-state index in [2.05, 4.69) is 21.2 Å². The van der Waals surface area contributed by atoms with Crippen molar-refractivity contribution in [3.63, 3.8) is 0 Å². The largest absolute Gasteiger partial charge is 0.443 e. The molecule has 1 heterocycles. The molecule has 0 aliphatic carbocycles. The molecule has 4 nitrogen and oxygen atoms in total. The molecule has 1 N–H and O–H groups in total. The maximum absolute atomic E-state index is 12.6. The number of anilines is 2. The van der Waals surface area contributed by atoms with Crippen molar-refractivity contribution in [3.8, 4) is 0 Å². The van der Waals surface area contributed by atoms with E-state index in [4.69, 9.17) is 4.74 Å². The van der Waals surface area contributed by atoms with Crippen molar-refractivity contribution in [1.82, 2.24) is 0 Å². The van der Waals surface area contributed by atoms with Crippen LogP contribution in [-0.4, -0.2) is 23.8 Å². The minimum atomic E-state index is -0.514. The van der Waals surface area contributed by atoms with Crippen molar-refractivity contribution in [3.05, 3.63) is 22.7 Å². The molecule has 1 aromatic carbocycles. The number of nitrogens with zero attached hydrogens (tertiary/aromatic N) is 1. The smallest absolute Gasteiger partial charge is 0.415 e. The van der Waals surface area contributed by atoms with Gasteiger partial charge in [0, 0.05) is 11.0 Å². The first-order valence-electron chi connectivity index (χ1n) is 6.67. The lowest BCUT2D eigenvalue weighted by Crippen LogP contribution is -2.56. The first-order chi connectivity index (χ1) is 9.12. The summed E-state index contributed by atoms with van der Waals surface area (Å²) in [5.41, 5.74) is 0.890. The van der Waals surface area contributed by atoms with E-state index >= 15 is 0 Å². The minimum absolute atomic E-state index is 0.322. The van der Waals surface area contributed by atoms with E-state index in [1.54, 1.807) is 4.90 Å². The van der Waals surface area contributed by atoms with Gasteiger partial charge < -0.3 is 10.1 Å². The number of rotatable bonds is 0. The van der Waals surface area contributed by atoms with Crippen molar-refractivity contribution in [1.29, 1.82) is 0 Å². The van der Waals surface area contributed by atoms with Gasteiger partial charge in [-0.1, -0.05) is 6.07 Å². The molecule has 0 aromatic heterocycles. The summed E-state index contributed by atoms with van der Waals surface area (Å²) in [7, 11) is 0. The van der Waals surface area contributed by atoms with Crippen molar-refractivity contribution in [2.45, 2.75) is 45.8 Å². The van der Waals surface area contributed by atoms with Gasteiger partial charge in [-0.15, -0.1) is 0 Å². The van der Waals surface area contributed by atoms with E-state index < -0.39 is 5.60 Å². The fourth-order valence-corrected chi connectivity index (χ4v) is 2.77. The summed E-state index contributed by atoms with van der Waals surface area (Å²) in [6, 6.07) is 5.84. The number of para-hydroxylation sites is 1. The zero-order valence-corrected chi connectivity index (χ0v) is 14.2. The zero-order chi connectivity index (χ0) is 15.1. The summed E-state index contributed by atoms with van der Waals surface area (Å²) in [5.74, 6) is 0. The number of benzene rings is 1. The van der Waals surface area contributed by atoms with Gasteiger partial charge in [-0.3, -0.25) is 4.90 Å². The molecule has 1 aliphatic rings. The molecule has 0 atom stereocenters. The first-order valence-corrected chi connectivity index (χ1v) is 7.47. The summed E-state index contributed by atoms with van der Waals surface area (Å²) in [5, 5.41) is 3.36. The Kier molecular flexibility index (Phi) is 3.75. The molecule has 0 saturated heterocycles. The Morgan fingerprint density at radius 2 is 2.05 bits per heavy atom. The zero-order valence-electron chi connectivity index (χ0n) is 12.6. The fraction of sp³-hybridized carbons (Fsp3) is 0.533. The highest BCUT2D eigenvalue weighted by Gasteiger charge is 2.40. The van der Waals surface area contributed by atoms with Gasteiger partial charge in [0.2, 0.25) is 0 Å². The van der Waals surface area contributed by atoms with Crippen LogP contribution < -0.4 is 10.2 Å². The van der Waals surface area contributed by atoms with Crippen LogP contribution in [0.2, 0.25) is 0 Å². The highest BCUT2D eigenvalue weighted by molar-refractivity contribution is 9.10. The number of nitrogens with one attached hydrogen (secondary N) is 1. The Morgan fingerprint density at radius 1 is 1.40 bits per heavy atom. The van der Waals surface area contributed by atoms with E-state index in [1.807, 2.05) is 52.8 Å². The number of carbonyl (C=O) groups excluding carboxylic acids is 1. The number of amides is 1. The summed E-state index contributed by atoms with van der Waals surface area (Å²) < 4.78 is 6.44. The van der Waals surface area contributed by atoms with Gasteiger partial charge in [-0.05, 0) is 62.7 Å². The number of halogens is 1. The van der Waals surface area contributed by atoms with Crippen LogP contribution in [0.4, 0.5) is 16.2 Å². The second-order valence-corrected chi connectivity index (χ2v) is 7.47. The fourth-order valence-electron chi connectivity index (χ4n) is 2.22. The summed E-state index contributed by atoms with van der Waals surface area (Å²) in [6.45, 7) is 10.3. The number of carbonyl (C=O) groups is 1. The maximum Gasteiger partial charge on any atom is 0.415 e. The van der Waals surface area contributed by atoms with Crippen molar-refractivity contribution < 1.29 is 9.53 Å². The molecule has 110 valence electrons. The second-order valence-electron chi connectivity index (χ2n) is 6.62. The molecule has 0 saturated carbocycles. The van der Waals surface area contributed by atoms with Gasteiger partial charge in [0.05, 0.1) is 16.9 Å². The second kappa shape index (κ2) is 4.95. The molecule has 0 unspecified atom stereocenters. The number of hydrogen-bond acceptors (Lipinski definition) is 3. The molecular weight excluding hydrogens is 320 g/mol. The van der Waals surface area contributed by atoms with E-state index in [0.29, 0.717) is 6.54 Å². The number of ether oxygens (including phenoxy) is 1. The molecule has 2 rings (SSSR count).